The van der Waals surface area contributed by atoms with Crippen molar-refractivity contribution in [1.29, 1.82) is 0 Å². The van der Waals surface area contributed by atoms with Gasteiger partial charge in [0.2, 0.25) is 5.16 Å². The number of hydrogen-bond acceptors (Lipinski definition) is 5. The van der Waals surface area contributed by atoms with Crippen LogP contribution in [0.4, 0.5) is 0 Å². The molecule has 1 aliphatic heterocycles. The van der Waals surface area contributed by atoms with Gasteiger partial charge in [0.1, 0.15) is 5.75 Å². The van der Waals surface area contributed by atoms with E-state index in [2.05, 4.69) is 41.4 Å². The zero-order chi connectivity index (χ0) is 17.2. The Morgan fingerprint density at radius 1 is 1.00 bits per heavy atom. The Balaban J connectivity index is 1.71. The lowest BCUT2D eigenvalue weighted by molar-refractivity contribution is 0.415. The molecule has 2 heterocycles. The van der Waals surface area contributed by atoms with E-state index in [-0.39, 0.29) is 0 Å². The second-order valence-electron chi connectivity index (χ2n) is 5.73. The maximum absolute atomic E-state index is 5.22. The molecule has 0 aliphatic carbocycles. The first-order chi connectivity index (χ1) is 12.3. The molecule has 0 atom stereocenters. The smallest absolute Gasteiger partial charge is 0.212 e. The Morgan fingerprint density at radius 2 is 1.72 bits per heavy atom. The molecule has 5 nitrogen and oxygen atoms in total. The second kappa shape index (κ2) is 6.72. The molecule has 0 fully saturated rings. The number of ether oxygens (including phenoxy) is 1. The fraction of sp³-hybridized carbons (Fsp3) is 0.211. The molecule has 0 saturated heterocycles. The first-order valence-electron chi connectivity index (χ1n) is 8.18. The molecule has 1 aliphatic rings. The summed E-state index contributed by atoms with van der Waals surface area (Å²) in [6.45, 7) is 2.16. The Hall–Kier alpha value is -2.60. The summed E-state index contributed by atoms with van der Waals surface area (Å²) in [4.78, 5) is 0. The minimum absolute atomic E-state index is 0.743. The van der Waals surface area contributed by atoms with E-state index < -0.39 is 0 Å². The van der Waals surface area contributed by atoms with Gasteiger partial charge in [-0.3, -0.25) is 0 Å². The van der Waals surface area contributed by atoms with Crippen molar-refractivity contribution in [2.24, 2.45) is 5.10 Å². The molecular weight excluding hydrogens is 332 g/mol. The van der Waals surface area contributed by atoms with Crippen LogP contribution in [0, 0.1) is 0 Å². The van der Waals surface area contributed by atoms with Crippen molar-refractivity contribution in [1.82, 2.24) is 14.9 Å². The third kappa shape index (κ3) is 3.05. The summed E-state index contributed by atoms with van der Waals surface area (Å²) in [5.41, 5.74) is 4.47. The minimum atomic E-state index is 0.743. The quantitative estimate of drug-likeness (QED) is 0.717. The van der Waals surface area contributed by atoms with Gasteiger partial charge in [-0.15, -0.1) is 10.2 Å². The average Bonchev–Trinajstić information content (AvgIpc) is 3.11. The number of nitrogens with zero attached hydrogens (tertiary/aromatic N) is 4. The van der Waals surface area contributed by atoms with Gasteiger partial charge in [0.05, 0.1) is 12.8 Å². The van der Waals surface area contributed by atoms with Crippen LogP contribution >= 0.6 is 11.8 Å². The zero-order valence-electron chi connectivity index (χ0n) is 14.1. The average molecular weight is 350 g/mol. The number of rotatable bonds is 4. The van der Waals surface area contributed by atoms with Crippen LogP contribution in [0.5, 0.6) is 5.75 Å². The molecule has 0 amide bonds. The summed E-state index contributed by atoms with van der Waals surface area (Å²) in [5.74, 6) is 2.36. The predicted octanol–water partition coefficient (Wildman–Crippen LogP) is 3.87. The van der Waals surface area contributed by atoms with Crippen LogP contribution in [-0.2, 0) is 6.42 Å². The molecule has 1 aromatic heterocycles. The van der Waals surface area contributed by atoms with Gasteiger partial charge in [-0.2, -0.15) is 9.78 Å². The molecule has 0 spiro atoms. The lowest BCUT2D eigenvalue weighted by Gasteiger charge is -2.14. The number of benzene rings is 2. The molecule has 6 heteroatoms. The van der Waals surface area contributed by atoms with Crippen molar-refractivity contribution in [3.63, 3.8) is 0 Å². The SMILES string of the molecule is CCc1ccc(C2=Nn3c(nnc3-c3ccc(OC)cc3)SC2)cc1. The van der Waals surface area contributed by atoms with Crippen LogP contribution in [0.3, 0.4) is 0 Å². The van der Waals surface area contributed by atoms with Crippen molar-refractivity contribution in [3.05, 3.63) is 59.7 Å². The Kier molecular flexibility index (Phi) is 4.28. The van der Waals surface area contributed by atoms with E-state index in [0.717, 1.165) is 45.7 Å². The normalized spacial score (nSPS) is 13.3. The summed E-state index contributed by atoms with van der Waals surface area (Å²) in [5, 5.41) is 14.2. The zero-order valence-corrected chi connectivity index (χ0v) is 15.0. The molecular formula is C19H18N4OS. The molecule has 0 bridgehead atoms. The van der Waals surface area contributed by atoms with E-state index in [0.29, 0.717) is 0 Å². The Morgan fingerprint density at radius 3 is 2.40 bits per heavy atom. The molecule has 2 aromatic carbocycles. The van der Waals surface area contributed by atoms with E-state index in [4.69, 9.17) is 9.84 Å². The van der Waals surface area contributed by atoms with Gasteiger partial charge < -0.3 is 4.74 Å². The van der Waals surface area contributed by atoms with E-state index >= 15 is 0 Å². The molecule has 126 valence electrons. The number of fused-ring (bicyclic) bond motifs is 1. The van der Waals surface area contributed by atoms with Gasteiger partial charge in [0, 0.05) is 11.3 Å². The van der Waals surface area contributed by atoms with Crippen molar-refractivity contribution in [3.8, 4) is 17.1 Å². The van der Waals surface area contributed by atoms with Gasteiger partial charge in [-0.05, 0) is 41.8 Å². The molecule has 0 radical (unpaired) electrons. The van der Waals surface area contributed by atoms with Crippen LogP contribution in [0.25, 0.3) is 11.4 Å². The first-order valence-corrected chi connectivity index (χ1v) is 9.17. The van der Waals surface area contributed by atoms with Crippen LogP contribution in [0.2, 0.25) is 0 Å². The number of aromatic nitrogens is 3. The van der Waals surface area contributed by atoms with Crippen molar-refractivity contribution in [2.45, 2.75) is 18.5 Å². The molecule has 0 saturated carbocycles. The summed E-state index contributed by atoms with van der Waals surface area (Å²) in [6, 6.07) is 16.4. The van der Waals surface area contributed by atoms with Crippen LogP contribution in [0.15, 0.2) is 58.8 Å². The second-order valence-corrected chi connectivity index (χ2v) is 6.67. The standard InChI is InChI=1S/C19H18N4OS/c1-3-13-4-6-14(7-5-13)17-12-25-19-21-20-18(23(19)22-17)15-8-10-16(24-2)11-9-15/h4-11H,3,12H2,1-2H3. The van der Waals surface area contributed by atoms with Crippen molar-refractivity contribution in [2.75, 3.05) is 12.9 Å². The molecule has 0 N–H and O–H groups in total. The fourth-order valence-electron chi connectivity index (χ4n) is 2.72. The van der Waals surface area contributed by atoms with E-state index in [1.165, 1.54) is 5.56 Å². The van der Waals surface area contributed by atoms with Gasteiger partial charge in [0.15, 0.2) is 5.82 Å². The highest BCUT2D eigenvalue weighted by Crippen LogP contribution is 2.29. The lowest BCUT2D eigenvalue weighted by atomic mass is 10.1. The summed E-state index contributed by atoms with van der Waals surface area (Å²) < 4.78 is 7.05. The number of thioether (sulfide) groups is 1. The third-order valence-electron chi connectivity index (χ3n) is 4.21. The van der Waals surface area contributed by atoms with E-state index in [1.807, 2.05) is 28.9 Å². The summed E-state index contributed by atoms with van der Waals surface area (Å²) in [6.07, 6.45) is 1.04. The largest absolute Gasteiger partial charge is 0.497 e. The summed E-state index contributed by atoms with van der Waals surface area (Å²) >= 11 is 1.66. The molecule has 3 aromatic rings. The van der Waals surface area contributed by atoms with Gasteiger partial charge in [0.25, 0.3) is 0 Å². The van der Waals surface area contributed by atoms with E-state index in [1.54, 1.807) is 18.9 Å². The fourth-order valence-corrected chi connectivity index (χ4v) is 3.56. The lowest BCUT2D eigenvalue weighted by Crippen LogP contribution is -2.13. The minimum Gasteiger partial charge on any atom is -0.497 e. The molecule has 0 unspecified atom stereocenters. The summed E-state index contributed by atoms with van der Waals surface area (Å²) in [7, 11) is 1.66. The predicted molar refractivity (Wildman–Crippen MR) is 100 cm³/mol. The highest BCUT2D eigenvalue weighted by atomic mass is 32.2. The van der Waals surface area contributed by atoms with Crippen LogP contribution in [0.1, 0.15) is 18.1 Å². The highest BCUT2D eigenvalue weighted by molar-refractivity contribution is 7.99. The number of hydrogen-bond donors (Lipinski definition) is 0. The monoisotopic (exact) mass is 350 g/mol. The van der Waals surface area contributed by atoms with Crippen molar-refractivity contribution < 1.29 is 4.74 Å². The van der Waals surface area contributed by atoms with E-state index in [9.17, 15) is 0 Å². The van der Waals surface area contributed by atoms with Crippen molar-refractivity contribution >= 4 is 17.5 Å². The first kappa shape index (κ1) is 15.9. The maximum atomic E-state index is 5.22. The van der Waals surface area contributed by atoms with Crippen LogP contribution < -0.4 is 4.74 Å². The van der Waals surface area contributed by atoms with Gasteiger partial charge in [-0.1, -0.05) is 43.0 Å². The Bertz CT molecular complexity index is 914. The molecule has 4 rings (SSSR count). The number of aryl methyl sites for hydroxylation is 1. The van der Waals surface area contributed by atoms with Crippen LogP contribution in [-0.4, -0.2) is 33.4 Å². The van der Waals surface area contributed by atoms with Gasteiger partial charge in [-0.25, -0.2) is 0 Å². The van der Waals surface area contributed by atoms with Gasteiger partial charge >= 0.3 is 0 Å². The topological polar surface area (TPSA) is 52.3 Å². The number of methoxy groups -OCH3 is 1. The molecule has 25 heavy (non-hydrogen) atoms. The third-order valence-corrected chi connectivity index (χ3v) is 5.14. The maximum Gasteiger partial charge on any atom is 0.212 e. The Labute approximate surface area is 150 Å². The highest BCUT2D eigenvalue weighted by Gasteiger charge is 2.20.